The Morgan fingerprint density at radius 3 is 2.88 bits per heavy atom. The van der Waals surface area contributed by atoms with Crippen molar-refractivity contribution in [2.45, 2.75) is 32.8 Å². The first kappa shape index (κ1) is 17.5. The van der Waals surface area contributed by atoms with E-state index in [4.69, 9.17) is 14.4 Å². The van der Waals surface area contributed by atoms with Crippen molar-refractivity contribution in [1.29, 1.82) is 5.26 Å². The van der Waals surface area contributed by atoms with Gasteiger partial charge in [-0.2, -0.15) is 5.26 Å². The van der Waals surface area contributed by atoms with Crippen molar-refractivity contribution in [1.82, 2.24) is 4.90 Å². The predicted octanol–water partition coefficient (Wildman–Crippen LogP) is 2.59. The Hall–Kier alpha value is -2.81. The molecule has 24 heavy (non-hydrogen) atoms. The van der Waals surface area contributed by atoms with Crippen molar-refractivity contribution in [2.24, 2.45) is 0 Å². The van der Waals surface area contributed by atoms with Gasteiger partial charge in [-0.05, 0) is 25.5 Å². The normalized spacial score (nSPS) is 11.8. The Morgan fingerprint density at radius 2 is 2.17 bits per heavy atom. The molecule has 1 aromatic carbocycles. The minimum Gasteiger partial charge on any atom is -0.464 e. The molecule has 2 aromatic rings. The number of aryl methyl sites for hydroxylation is 1. The number of fused-ring (bicyclic) bond motifs is 1. The molecule has 126 valence electrons. The number of amides is 1. The van der Waals surface area contributed by atoms with E-state index in [1.807, 2.05) is 31.2 Å². The summed E-state index contributed by atoms with van der Waals surface area (Å²) in [5, 5.41) is 9.41. The molecule has 1 heterocycles. The minimum absolute atomic E-state index is 0.0373. The summed E-state index contributed by atoms with van der Waals surface area (Å²) >= 11 is 0. The molecule has 0 spiro atoms. The Kier molecular flexibility index (Phi) is 5.59. The van der Waals surface area contributed by atoms with Crippen LogP contribution in [0.5, 0.6) is 0 Å². The molecular formula is C18H20N2O4. The highest BCUT2D eigenvalue weighted by atomic mass is 16.5. The second-order valence-corrected chi connectivity index (χ2v) is 5.74. The smallest absolute Gasteiger partial charge is 0.311 e. The van der Waals surface area contributed by atoms with Crippen LogP contribution in [0.3, 0.4) is 0 Å². The van der Waals surface area contributed by atoms with E-state index in [2.05, 4.69) is 0 Å². The lowest BCUT2D eigenvalue weighted by Gasteiger charge is -2.20. The molecule has 0 saturated heterocycles. The van der Waals surface area contributed by atoms with Crippen LogP contribution in [-0.2, 0) is 20.7 Å². The van der Waals surface area contributed by atoms with E-state index in [0.29, 0.717) is 6.54 Å². The lowest BCUT2D eigenvalue weighted by atomic mass is 10.1. The lowest BCUT2D eigenvalue weighted by molar-refractivity contribution is -0.157. The lowest BCUT2D eigenvalue weighted by Crippen LogP contribution is -2.38. The van der Waals surface area contributed by atoms with Gasteiger partial charge in [0, 0.05) is 24.5 Å². The van der Waals surface area contributed by atoms with Crippen LogP contribution in [0.15, 0.2) is 28.9 Å². The maximum atomic E-state index is 12.1. The third-order valence-electron chi connectivity index (χ3n) is 3.74. The zero-order valence-corrected chi connectivity index (χ0v) is 14.0. The maximum Gasteiger partial charge on any atom is 0.311 e. The second-order valence-electron chi connectivity index (χ2n) is 5.74. The van der Waals surface area contributed by atoms with Gasteiger partial charge in [-0.3, -0.25) is 9.59 Å². The molecule has 1 amide bonds. The third-order valence-corrected chi connectivity index (χ3v) is 3.74. The number of esters is 1. The van der Waals surface area contributed by atoms with Crippen LogP contribution in [-0.4, -0.2) is 36.5 Å². The van der Waals surface area contributed by atoms with Gasteiger partial charge in [-0.25, -0.2) is 0 Å². The number of carbonyl (C=O) groups excluding carboxylic acids is 2. The second kappa shape index (κ2) is 7.64. The molecule has 0 saturated carbocycles. The predicted molar refractivity (Wildman–Crippen MR) is 88.1 cm³/mol. The highest BCUT2D eigenvalue weighted by Gasteiger charge is 2.22. The molecule has 1 aromatic heterocycles. The van der Waals surface area contributed by atoms with Gasteiger partial charge >= 0.3 is 5.97 Å². The summed E-state index contributed by atoms with van der Waals surface area (Å²) in [7, 11) is 1.58. The number of likely N-dealkylation sites (N-methyl/N-ethyl adjacent to an activating group) is 1. The average Bonchev–Trinajstić information content (AvgIpc) is 2.93. The molecule has 0 unspecified atom stereocenters. The number of furan rings is 1. The number of ether oxygens (including phenoxy) is 1. The molecule has 0 aliphatic carbocycles. The van der Waals surface area contributed by atoms with E-state index >= 15 is 0 Å². The standard InChI is InChI=1S/C18H20N2O4/c1-12-5-6-15-14(11-23-16(15)9-12)10-17(21)24-13(2)18(22)20(3)8-4-7-19/h5-6,9,11,13H,4,8,10H2,1-3H3/t13-/m0/s1. The van der Waals surface area contributed by atoms with Crippen molar-refractivity contribution in [3.05, 3.63) is 35.6 Å². The molecule has 6 heteroatoms. The zero-order valence-electron chi connectivity index (χ0n) is 14.0. The molecule has 6 nitrogen and oxygen atoms in total. The van der Waals surface area contributed by atoms with Crippen molar-refractivity contribution in [3.8, 4) is 6.07 Å². The van der Waals surface area contributed by atoms with Crippen LogP contribution in [0, 0.1) is 18.3 Å². The molecule has 0 aliphatic heterocycles. The van der Waals surface area contributed by atoms with Crippen LogP contribution < -0.4 is 0 Å². The Morgan fingerprint density at radius 1 is 1.42 bits per heavy atom. The summed E-state index contributed by atoms with van der Waals surface area (Å²) in [6.07, 6.45) is 0.928. The maximum absolute atomic E-state index is 12.1. The number of nitrogens with zero attached hydrogens (tertiary/aromatic N) is 2. The third kappa shape index (κ3) is 4.13. The van der Waals surface area contributed by atoms with Gasteiger partial charge in [0.25, 0.3) is 5.91 Å². The van der Waals surface area contributed by atoms with Gasteiger partial charge in [-0.1, -0.05) is 12.1 Å². The monoisotopic (exact) mass is 328 g/mol. The van der Waals surface area contributed by atoms with Crippen LogP contribution in [0.2, 0.25) is 0 Å². The van der Waals surface area contributed by atoms with Gasteiger partial charge in [0.05, 0.1) is 25.2 Å². The number of hydrogen-bond acceptors (Lipinski definition) is 5. The zero-order chi connectivity index (χ0) is 17.7. The molecule has 0 bridgehead atoms. The van der Waals surface area contributed by atoms with Crippen LogP contribution in [0.25, 0.3) is 11.0 Å². The summed E-state index contributed by atoms with van der Waals surface area (Å²) in [5.74, 6) is -0.820. The fraction of sp³-hybridized carbons (Fsp3) is 0.389. The molecular weight excluding hydrogens is 308 g/mol. The first-order valence-electron chi connectivity index (χ1n) is 7.70. The quantitative estimate of drug-likeness (QED) is 0.761. The number of rotatable bonds is 6. The summed E-state index contributed by atoms with van der Waals surface area (Å²) in [6, 6.07) is 7.73. The minimum atomic E-state index is -0.887. The van der Waals surface area contributed by atoms with E-state index in [-0.39, 0.29) is 18.7 Å². The number of hydrogen-bond donors (Lipinski definition) is 0. The number of carbonyl (C=O) groups is 2. The van der Waals surface area contributed by atoms with E-state index in [1.54, 1.807) is 7.05 Å². The average molecular weight is 328 g/mol. The molecule has 0 N–H and O–H groups in total. The fourth-order valence-electron chi connectivity index (χ4n) is 2.41. The van der Waals surface area contributed by atoms with Gasteiger partial charge < -0.3 is 14.1 Å². The van der Waals surface area contributed by atoms with E-state index < -0.39 is 12.1 Å². The Bertz CT molecular complexity index is 788. The summed E-state index contributed by atoms with van der Waals surface area (Å²) in [4.78, 5) is 25.5. The van der Waals surface area contributed by atoms with Gasteiger partial charge in [0.2, 0.25) is 0 Å². The van der Waals surface area contributed by atoms with Crippen molar-refractivity contribution < 1.29 is 18.7 Å². The molecule has 0 radical (unpaired) electrons. The summed E-state index contributed by atoms with van der Waals surface area (Å²) in [6.45, 7) is 3.80. The van der Waals surface area contributed by atoms with E-state index in [9.17, 15) is 9.59 Å². The summed E-state index contributed by atoms with van der Waals surface area (Å²) in [5.41, 5.74) is 2.52. The molecule has 0 fully saturated rings. The number of benzene rings is 1. The van der Waals surface area contributed by atoms with Crippen LogP contribution >= 0.6 is 0 Å². The van der Waals surface area contributed by atoms with Crippen molar-refractivity contribution >= 4 is 22.8 Å². The summed E-state index contributed by atoms with van der Waals surface area (Å²) < 4.78 is 10.7. The molecule has 1 atom stereocenters. The fourth-order valence-corrected chi connectivity index (χ4v) is 2.41. The largest absolute Gasteiger partial charge is 0.464 e. The van der Waals surface area contributed by atoms with Crippen molar-refractivity contribution in [2.75, 3.05) is 13.6 Å². The van der Waals surface area contributed by atoms with E-state index in [1.165, 1.54) is 18.1 Å². The van der Waals surface area contributed by atoms with Gasteiger partial charge in [-0.15, -0.1) is 0 Å². The number of nitriles is 1. The SMILES string of the molecule is Cc1ccc2c(CC(=O)O[C@@H](C)C(=O)N(C)CCC#N)coc2c1. The van der Waals surface area contributed by atoms with Crippen molar-refractivity contribution in [3.63, 3.8) is 0 Å². The highest BCUT2D eigenvalue weighted by molar-refractivity contribution is 5.88. The molecule has 0 aliphatic rings. The topological polar surface area (TPSA) is 83.5 Å². The van der Waals surface area contributed by atoms with Crippen LogP contribution in [0.4, 0.5) is 0 Å². The highest BCUT2D eigenvalue weighted by Crippen LogP contribution is 2.23. The van der Waals surface area contributed by atoms with E-state index in [0.717, 1.165) is 22.1 Å². The van der Waals surface area contributed by atoms with Gasteiger partial charge in [0.15, 0.2) is 6.10 Å². The first-order chi connectivity index (χ1) is 11.4. The Labute approximate surface area is 140 Å². The Balaban J connectivity index is 1.97. The first-order valence-corrected chi connectivity index (χ1v) is 7.70. The van der Waals surface area contributed by atoms with Crippen LogP contribution in [0.1, 0.15) is 24.5 Å². The van der Waals surface area contributed by atoms with Gasteiger partial charge in [0.1, 0.15) is 5.58 Å². The molecule has 2 rings (SSSR count).